The maximum atomic E-state index is 10.5. The smallest absolute Gasteiger partial charge is 0.0737 e. The van der Waals surface area contributed by atoms with Crippen LogP contribution in [0.3, 0.4) is 0 Å². The molecule has 1 aromatic carbocycles. The standard InChI is InChI=1S/C15H22O2S/c1-12(11-16)14(17)15(9-5-6-10-15)18-13-7-3-2-4-8-13/h2-4,7-8,12,14,16-17H,5-6,9-11H2,1H3/t12-,14+/m1/s1. The van der Waals surface area contributed by atoms with Crippen molar-refractivity contribution in [3.8, 4) is 0 Å². The quantitative estimate of drug-likeness (QED) is 0.860. The van der Waals surface area contributed by atoms with E-state index < -0.39 is 6.10 Å². The van der Waals surface area contributed by atoms with Gasteiger partial charge in [-0.2, -0.15) is 0 Å². The molecule has 2 N–H and O–H groups in total. The van der Waals surface area contributed by atoms with Crippen molar-refractivity contribution < 1.29 is 10.2 Å². The lowest BCUT2D eigenvalue weighted by Gasteiger charge is -2.36. The van der Waals surface area contributed by atoms with Crippen LogP contribution in [0.5, 0.6) is 0 Å². The summed E-state index contributed by atoms with van der Waals surface area (Å²) in [5.41, 5.74) is 0. The normalized spacial score (nSPS) is 21.7. The first-order valence-electron chi connectivity index (χ1n) is 6.71. The fourth-order valence-corrected chi connectivity index (χ4v) is 4.38. The molecule has 0 unspecified atom stereocenters. The van der Waals surface area contributed by atoms with Gasteiger partial charge in [0.2, 0.25) is 0 Å². The Balaban J connectivity index is 2.17. The molecule has 2 nitrogen and oxygen atoms in total. The molecule has 0 radical (unpaired) electrons. The third-order valence-electron chi connectivity index (χ3n) is 3.88. The third-order valence-corrected chi connectivity index (χ3v) is 5.44. The zero-order valence-corrected chi connectivity index (χ0v) is 11.7. The van der Waals surface area contributed by atoms with Crippen molar-refractivity contribution in [3.63, 3.8) is 0 Å². The number of benzene rings is 1. The van der Waals surface area contributed by atoms with Crippen LogP contribution in [0.25, 0.3) is 0 Å². The fraction of sp³-hybridized carbons (Fsp3) is 0.600. The summed E-state index contributed by atoms with van der Waals surface area (Å²) in [7, 11) is 0. The van der Waals surface area contributed by atoms with Crippen molar-refractivity contribution in [2.75, 3.05) is 6.61 Å². The summed E-state index contributed by atoms with van der Waals surface area (Å²) in [4.78, 5) is 1.21. The lowest BCUT2D eigenvalue weighted by molar-refractivity contribution is 0.0468. The topological polar surface area (TPSA) is 40.5 Å². The number of hydrogen-bond donors (Lipinski definition) is 2. The van der Waals surface area contributed by atoms with E-state index in [2.05, 4.69) is 12.1 Å². The molecule has 0 aromatic heterocycles. The Bertz CT molecular complexity index is 360. The molecule has 1 aliphatic rings. The Hall–Kier alpha value is -0.510. The van der Waals surface area contributed by atoms with Gasteiger partial charge in [0.05, 0.1) is 6.10 Å². The predicted molar refractivity (Wildman–Crippen MR) is 75.8 cm³/mol. The van der Waals surface area contributed by atoms with Crippen molar-refractivity contribution in [1.82, 2.24) is 0 Å². The van der Waals surface area contributed by atoms with Gasteiger partial charge in [-0.25, -0.2) is 0 Å². The number of rotatable bonds is 5. The molecular formula is C15H22O2S. The lowest BCUT2D eigenvalue weighted by atomic mass is 9.90. The van der Waals surface area contributed by atoms with Crippen LogP contribution in [0.1, 0.15) is 32.6 Å². The number of aliphatic hydroxyl groups is 2. The number of thioether (sulfide) groups is 1. The van der Waals surface area contributed by atoms with Crippen molar-refractivity contribution in [1.29, 1.82) is 0 Å². The Morgan fingerprint density at radius 2 is 1.83 bits per heavy atom. The summed E-state index contributed by atoms with van der Waals surface area (Å²) in [6.45, 7) is 1.98. The van der Waals surface area contributed by atoms with Gasteiger partial charge >= 0.3 is 0 Å². The van der Waals surface area contributed by atoms with E-state index in [1.807, 2.05) is 25.1 Å². The molecule has 2 atom stereocenters. The average Bonchev–Trinajstić information content (AvgIpc) is 2.88. The fourth-order valence-electron chi connectivity index (χ4n) is 2.77. The van der Waals surface area contributed by atoms with Crippen LogP contribution in [-0.4, -0.2) is 27.7 Å². The Morgan fingerprint density at radius 1 is 1.22 bits per heavy atom. The van der Waals surface area contributed by atoms with Gasteiger partial charge in [0.15, 0.2) is 0 Å². The molecule has 0 amide bonds. The highest BCUT2D eigenvalue weighted by molar-refractivity contribution is 8.00. The molecule has 0 bridgehead atoms. The first kappa shape index (κ1) is 13.9. The highest BCUT2D eigenvalue weighted by atomic mass is 32.2. The summed E-state index contributed by atoms with van der Waals surface area (Å²) in [5, 5.41) is 19.8. The predicted octanol–water partition coefficient (Wildman–Crippen LogP) is 3.08. The summed E-state index contributed by atoms with van der Waals surface area (Å²) < 4.78 is -0.108. The van der Waals surface area contributed by atoms with Crippen molar-refractivity contribution in [3.05, 3.63) is 30.3 Å². The molecule has 1 aliphatic carbocycles. The van der Waals surface area contributed by atoms with Crippen LogP contribution in [0.4, 0.5) is 0 Å². The molecular weight excluding hydrogens is 244 g/mol. The molecule has 0 saturated heterocycles. The first-order chi connectivity index (χ1) is 8.68. The van der Waals surface area contributed by atoms with Crippen molar-refractivity contribution in [2.24, 2.45) is 5.92 Å². The van der Waals surface area contributed by atoms with Crippen molar-refractivity contribution in [2.45, 2.75) is 48.4 Å². The van der Waals surface area contributed by atoms with E-state index in [9.17, 15) is 10.2 Å². The van der Waals surface area contributed by atoms with Crippen LogP contribution in [0, 0.1) is 5.92 Å². The van der Waals surface area contributed by atoms with E-state index in [0.717, 1.165) is 12.8 Å². The van der Waals surface area contributed by atoms with Crippen LogP contribution >= 0.6 is 11.8 Å². The molecule has 1 aromatic rings. The monoisotopic (exact) mass is 266 g/mol. The SMILES string of the molecule is C[C@H](CO)[C@H](O)C1(Sc2ccccc2)CCCC1. The Morgan fingerprint density at radius 3 is 2.39 bits per heavy atom. The van der Waals surface area contributed by atoms with Crippen LogP contribution in [0.15, 0.2) is 35.2 Å². The zero-order valence-electron chi connectivity index (χ0n) is 10.9. The van der Waals surface area contributed by atoms with Gasteiger partial charge in [-0.1, -0.05) is 38.0 Å². The Kier molecular flexibility index (Phi) is 4.71. The van der Waals surface area contributed by atoms with E-state index in [4.69, 9.17) is 0 Å². The van der Waals surface area contributed by atoms with Gasteiger partial charge in [0.25, 0.3) is 0 Å². The number of aliphatic hydroxyl groups excluding tert-OH is 2. The lowest BCUT2D eigenvalue weighted by Crippen LogP contribution is -2.42. The number of hydrogen-bond acceptors (Lipinski definition) is 3. The van der Waals surface area contributed by atoms with E-state index in [1.54, 1.807) is 11.8 Å². The van der Waals surface area contributed by atoms with Crippen LogP contribution < -0.4 is 0 Å². The molecule has 1 saturated carbocycles. The molecule has 3 heteroatoms. The summed E-state index contributed by atoms with van der Waals surface area (Å²) >= 11 is 1.79. The Labute approximate surface area is 113 Å². The second-order valence-corrected chi connectivity index (χ2v) is 6.78. The average molecular weight is 266 g/mol. The minimum Gasteiger partial charge on any atom is -0.396 e. The highest BCUT2D eigenvalue weighted by Gasteiger charge is 2.43. The van der Waals surface area contributed by atoms with Gasteiger partial charge in [-0.05, 0) is 25.0 Å². The van der Waals surface area contributed by atoms with E-state index >= 15 is 0 Å². The van der Waals surface area contributed by atoms with Gasteiger partial charge in [0.1, 0.15) is 0 Å². The molecule has 0 aliphatic heterocycles. The minimum atomic E-state index is -0.435. The molecule has 0 spiro atoms. The molecule has 1 fully saturated rings. The van der Waals surface area contributed by atoms with E-state index in [1.165, 1.54) is 17.7 Å². The minimum absolute atomic E-state index is 0.0538. The second kappa shape index (κ2) is 6.09. The van der Waals surface area contributed by atoms with Crippen LogP contribution in [0.2, 0.25) is 0 Å². The molecule has 100 valence electrons. The molecule has 2 rings (SSSR count). The molecule has 0 heterocycles. The largest absolute Gasteiger partial charge is 0.396 e. The molecule has 18 heavy (non-hydrogen) atoms. The van der Waals surface area contributed by atoms with E-state index in [0.29, 0.717) is 0 Å². The maximum absolute atomic E-state index is 10.5. The van der Waals surface area contributed by atoms with Gasteiger partial charge in [-0.15, -0.1) is 11.8 Å². The van der Waals surface area contributed by atoms with Gasteiger partial charge < -0.3 is 10.2 Å². The summed E-state index contributed by atoms with van der Waals surface area (Å²) in [5.74, 6) is -0.0562. The second-order valence-electron chi connectivity index (χ2n) is 5.29. The van der Waals surface area contributed by atoms with Gasteiger partial charge in [0, 0.05) is 22.2 Å². The first-order valence-corrected chi connectivity index (χ1v) is 7.52. The summed E-state index contributed by atoms with van der Waals surface area (Å²) in [6, 6.07) is 10.3. The third kappa shape index (κ3) is 2.90. The zero-order chi connectivity index (χ0) is 13.0. The summed E-state index contributed by atoms with van der Waals surface area (Å²) in [6.07, 6.45) is 4.00. The van der Waals surface area contributed by atoms with E-state index in [-0.39, 0.29) is 17.3 Å². The highest BCUT2D eigenvalue weighted by Crippen LogP contribution is 2.49. The van der Waals surface area contributed by atoms with Gasteiger partial charge in [-0.3, -0.25) is 0 Å². The van der Waals surface area contributed by atoms with Crippen molar-refractivity contribution >= 4 is 11.8 Å². The van der Waals surface area contributed by atoms with Crippen LogP contribution in [-0.2, 0) is 0 Å². The maximum Gasteiger partial charge on any atom is 0.0737 e.